The normalized spacial score (nSPS) is 16.0. The van der Waals surface area contributed by atoms with Gasteiger partial charge < -0.3 is 10.1 Å². The van der Waals surface area contributed by atoms with Crippen molar-refractivity contribution >= 4 is 34.7 Å². The summed E-state index contributed by atoms with van der Waals surface area (Å²) >= 11 is 11.9. The van der Waals surface area contributed by atoms with Gasteiger partial charge in [0.25, 0.3) is 0 Å². The van der Waals surface area contributed by atoms with Crippen LogP contribution in [0.3, 0.4) is 0 Å². The third-order valence-electron chi connectivity index (χ3n) is 3.72. The molecule has 0 fully saturated rings. The molecule has 0 amide bonds. The second-order valence-corrected chi connectivity index (χ2v) is 6.41. The van der Waals surface area contributed by atoms with Gasteiger partial charge in [0.2, 0.25) is 5.82 Å². The maximum Gasteiger partial charge on any atom is 0.338 e. The standard InChI is InChI=1S/C17H14Cl2N4O3/c1-10-7-8-22-13(9-10)21-17(15(23(24)25)14(22)16(18)19)20-11-3-5-12(26-2)6-4-11/h3-9,20H,1-2H3. The lowest BCUT2D eigenvalue weighted by atomic mass is 10.1. The first-order chi connectivity index (χ1) is 12.4. The summed E-state index contributed by atoms with van der Waals surface area (Å²) in [5, 5.41) is 14.7. The quantitative estimate of drug-likeness (QED) is 0.606. The number of benzene rings is 1. The van der Waals surface area contributed by atoms with Crippen LogP contribution >= 0.6 is 23.2 Å². The first kappa shape index (κ1) is 18.0. The maximum absolute atomic E-state index is 11.7. The number of nitrogens with zero attached hydrogens (tertiary/aromatic N) is 3. The third-order valence-corrected chi connectivity index (χ3v) is 4.08. The number of nitro groups is 1. The number of allylic oxidation sites excluding steroid dienone is 2. The SMILES string of the molecule is COc1ccc(NC2=C([N+](=O)[O-])C(=C(Cl)Cl)N3C=CC(C)=CC3=N2)cc1. The second-order valence-electron chi connectivity index (χ2n) is 5.46. The number of hydrogen-bond donors (Lipinski definition) is 1. The van der Waals surface area contributed by atoms with E-state index in [4.69, 9.17) is 27.9 Å². The predicted molar refractivity (Wildman–Crippen MR) is 102 cm³/mol. The van der Waals surface area contributed by atoms with Crippen molar-refractivity contribution in [2.75, 3.05) is 12.4 Å². The van der Waals surface area contributed by atoms with Gasteiger partial charge >= 0.3 is 5.70 Å². The Morgan fingerprint density at radius 3 is 2.58 bits per heavy atom. The first-order valence-corrected chi connectivity index (χ1v) is 8.26. The Balaban J connectivity index is 2.11. The van der Waals surface area contributed by atoms with Crippen molar-refractivity contribution in [1.82, 2.24) is 4.90 Å². The Morgan fingerprint density at radius 2 is 2.00 bits per heavy atom. The van der Waals surface area contributed by atoms with Gasteiger partial charge in [-0.25, -0.2) is 4.99 Å². The molecule has 0 aliphatic carbocycles. The zero-order valence-electron chi connectivity index (χ0n) is 13.9. The van der Waals surface area contributed by atoms with Gasteiger partial charge in [-0.1, -0.05) is 23.2 Å². The molecule has 1 aromatic rings. The number of fused-ring (bicyclic) bond motifs is 1. The average Bonchev–Trinajstić information content (AvgIpc) is 2.60. The highest BCUT2D eigenvalue weighted by Crippen LogP contribution is 2.34. The second kappa shape index (κ2) is 7.23. The zero-order valence-corrected chi connectivity index (χ0v) is 15.4. The number of aliphatic imine (C=N–C) groups is 1. The number of halogens is 2. The zero-order chi connectivity index (χ0) is 18.8. The van der Waals surface area contributed by atoms with Gasteiger partial charge in [-0.15, -0.1) is 0 Å². The summed E-state index contributed by atoms with van der Waals surface area (Å²) in [6, 6.07) is 6.92. The Hall–Kier alpha value is -2.77. The van der Waals surface area contributed by atoms with E-state index < -0.39 is 4.92 Å². The van der Waals surface area contributed by atoms with Gasteiger partial charge in [-0.2, -0.15) is 0 Å². The highest BCUT2D eigenvalue weighted by atomic mass is 35.5. The molecular weight excluding hydrogens is 379 g/mol. The highest BCUT2D eigenvalue weighted by molar-refractivity contribution is 6.56. The lowest BCUT2D eigenvalue weighted by molar-refractivity contribution is -0.423. The monoisotopic (exact) mass is 392 g/mol. The summed E-state index contributed by atoms with van der Waals surface area (Å²) in [6.45, 7) is 1.89. The van der Waals surface area contributed by atoms with E-state index in [1.807, 2.05) is 6.92 Å². The maximum atomic E-state index is 11.7. The number of hydrogen-bond acceptors (Lipinski definition) is 6. The van der Waals surface area contributed by atoms with E-state index in [0.717, 1.165) is 5.57 Å². The van der Waals surface area contributed by atoms with E-state index in [2.05, 4.69) is 10.3 Å². The molecule has 1 N–H and O–H groups in total. The summed E-state index contributed by atoms with van der Waals surface area (Å²) in [6.07, 6.45) is 5.21. The van der Waals surface area contributed by atoms with Crippen LogP contribution in [0.15, 0.2) is 74.9 Å². The van der Waals surface area contributed by atoms with Crippen LogP contribution in [0.1, 0.15) is 6.92 Å². The number of methoxy groups -OCH3 is 1. The molecule has 134 valence electrons. The van der Waals surface area contributed by atoms with Gasteiger partial charge in [0, 0.05) is 11.9 Å². The molecule has 1 aromatic carbocycles. The Morgan fingerprint density at radius 1 is 1.31 bits per heavy atom. The average molecular weight is 393 g/mol. The highest BCUT2D eigenvalue weighted by Gasteiger charge is 2.37. The van der Waals surface area contributed by atoms with E-state index in [1.165, 1.54) is 4.90 Å². The molecule has 0 saturated carbocycles. The van der Waals surface area contributed by atoms with Gasteiger partial charge in [-0.05, 0) is 48.9 Å². The van der Waals surface area contributed by atoms with Crippen LogP contribution in [0, 0.1) is 10.1 Å². The van der Waals surface area contributed by atoms with Crippen molar-refractivity contribution in [3.63, 3.8) is 0 Å². The van der Waals surface area contributed by atoms with Crippen LogP contribution < -0.4 is 10.1 Å². The number of ether oxygens (including phenoxy) is 1. The Kier molecular flexibility index (Phi) is 5.01. The van der Waals surface area contributed by atoms with Crippen LogP contribution in [-0.2, 0) is 0 Å². The van der Waals surface area contributed by atoms with Crippen molar-refractivity contribution in [1.29, 1.82) is 0 Å². The minimum Gasteiger partial charge on any atom is -0.497 e. The molecule has 2 aliphatic rings. The molecular formula is C17H14Cl2N4O3. The number of nitrogens with one attached hydrogen (secondary N) is 1. The molecule has 0 atom stereocenters. The van der Waals surface area contributed by atoms with E-state index in [-0.39, 0.29) is 21.7 Å². The smallest absolute Gasteiger partial charge is 0.338 e. The van der Waals surface area contributed by atoms with Crippen LogP contribution in [0.5, 0.6) is 5.75 Å². The van der Waals surface area contributed by atoms with Crippen molar-refractivity contribution in [3.05, 3.63) is 80.0 Å². The van der Waals surface area contributed by atoms with E-state index in [9.17, 15) is 10.1 Å². The van der Waals surface area contributed by atoms with Crippen molar-refractivity contribution in [3.8, 4) is 5.75 Å². The topological polar surface area (TPSA) is 80.0 Å². The molecule has 2 aliphatic heterocycles. The van der Waals surface area contributed by atoms with E-state index >= 15 is 0 Å². The largest absolute Gasteiger partial charge is 0.497 e. The molecule has 0 radical (unpaired) electrons. The molecule has 0 saturated heterocycles. The first-order valence-electron chi connectivity index (χ1n) is 7.50. The Labute approximate surface area is 159 Å². The summed E-state index contributed by atoms with van der Waals surface area (Å²) < 4.78 is 4.88. The minimum absolute atomic E-state index is 0.0413. The molecule has 7 nitrogen and oxygen atoms in total. The van der Waals surface area contributed by atoms with Crippen molar-refractivity contribution in [2.24, 2.45) is 4.99 Å². The number of anilines is 1. The number of amidine groups is 1. The van der Waals surface area contributed by atoms with Gasteiger partial charge in [0.05, 0.1) is 12.0 Å². The summed E-state index contributed by atoms with van der Waals surface area (Å²) in [7, 11) is 1.56. The summed E-state index contributed by atoms with van der Waals surface area (Å²) in [4.78, 5) is 17.0. The molecule has 0 unspecified atom stereocenters. The molecule has 0 bridgehead atoms. The van der Waals surface area contributed by atoms with Crippen LogP contribution in [0.4, 0.5) is 5.69 Å². The third kappa shape index (κ3) is 3.44. The van der Waals surface area contributed by atoms with E-state index in [1.54, 1.807) is 49.7 Å². The van der Waals surface area contributed by atoms with Gasteiger partial charge in [0.15, 0.2) is 5.70 Å². The molecule has 26 heavy (non-hydrogen) atoms. The fourth-order valence-corrected chi connectivity index (χ4v) is 2.87. The fraction of sp³-hybridized carbons (Fsp3) is 0.118. The van der Waals surface area contributed by atoms with Gasteiger partial charge in [0.1, 0.15) is 16.1 Å². The van der Waals surface area contributed by atoms with Crippen molar-refractivity contribution in [2.45, 2.75) is 6.92 Å². The summed E-state index contributed by atoms with van der Waals surface area (Å²) in [5.41, 5.74) is 1.29. The lowest BCUT2D eigenvalue weighted by Gasteiger charge is -2.29. The molecule has 0 spiro atoms. The van der Waals surface area contributed by atoms with Crippen molar-refractivity contribution < 1.29 is 9.66 Å². The lowest BCUT2D eigenvalue weighted by Crippen LogP contribution is -2.34. The Bertz CT molecular complexity index is 910. The van der Waals surface area contributed by atoms with E-state index in [0.29, 0.717) is 17.3 Å². The van der Waals surface area contributed by atoms with Crippen LogP contribution in [0.25, 0.3) is 0 Å². The number of rotatable bonds is 4. The summed E-state index contributed by atoms with van der Waals surface area (Å²) in [5.74, 6) is 1.18. The van der Waals surface area contributed by atoms with Crippen LogP contribution in [0.2, 0.25) is 0 Å². The van der Waals surface area contributed by atoms with Crippen LogP contribution in [-0.4, -0.2) is 22.8 Å². The minimum atomic E-state index is -0.564. The molecule has 2 heterocycles. The molecule has 9 heteroatoms. The van der Waals surface area contributed by atoms with Gasteiger partial charge in [-0.3, -0.25) is 15.0 Å². The fourth-order valence-electron chi connectivity index (χ4n) is 2.51. The predicted octanol–water partition coefficient (Wildman–Crippen LogP) is 4.39. The molecule has 3 rings (SSSR count). The molecule has 0 aromatic heterocycles.